The van der Waals surface area contributed by atoms with Crippen LogP contribution in [0.4, 0.5) is 14.5 Å². The summed E-state index contributed by atoms with van der Waals surface area (Å²) in [7, 11) is 1.69. The average molecular weight is 350 g/mol. The quantitative estimate of drug-likeness (QED) is 0.834. The molecular weight excluding hydrogens is 326 g/mol. The fourth-order valence-corrected chi connectivity index (χ4v) is 3.24. The Kier molecular flexibility index (Phi) is 5.99. The molecule has 0 spiro atoms. The highest BCUT2D eigenvalue weighted by Crippen LogP contribution is 2.19. The number of piperidine rings is 1. The van der Waals surface area contributed by atoms with Gasteiger partial charge in [0.25, 0.3) is 0 Å². The molecule has 2 aromatic rings. The predicted octanol–water partition coefficient (Wildman–Crippen LogP) is 2.88. The van der Waals surface area contributed by atoms with Crippen LogP contribution in [0.15, 0.2) is 30.7 Å². The molecule has 1 N–H and O–H groups in total. The number of hydrogen-bond donors (Lipinski definition) is 1. The minimum absolute atomic E-state index is 0.217. The summed E-state index contributed by atoms with van der Waals surface area (Å²) in [6.07, 6.45) is 5.79. The first-order valence-electron chi connectivity index (χ1n) is 8.57. The number of nitrogens with one attached hydrogen (secondary N) is 1. The van der Waals surface area contributed by atoms with Crippen molar-refractivity contribution in [2.45, 2.75) is 32.0 Å². The van der Waals surface area contributed by atoms with Gasteiger partial charge in [0.05, 0.1) is 18.6 Å². The first-order chi connectivity index (χ1) is 12.2. The topological polar surface area (TPSA) is 42.3 Å². The third-order valence-corrected chi connectivity index (χ3v) is 4.52. The highest BCUT2D eigenvalue weighted by atomic mass is 19.2. The van der Waals surface area contributed by atoms with Gasteiger partial charge in [0.1, 0.15) is 0 Å². The van der Waals surface area contributed by atoms with Gasteiger partial charge in [-0.15, -0.1) is 0 Å². The number of likely N-dealkylation sites (tertiary alicyclic amines) is 1. The van der Waals surface area contributed by atoms with Crippen LogP contribution in [0.1, 0.15) is 18.5 Å². The number of hydrogen-bond acceptors (Lipinski definition) is 4. The van der Waals surface area contributed by atoms with Gasteiger partial charge in [0.2, 0.25) is 0 Å². The zero-order chi connectivity index (χ0) is 17.6. The predicted molar refractivity (Wildman–Crippen MR) is 92.4 cm³/mol. The number of aromatic nitrogens is 2. The Morgan fingerprint density at radius 2 is 2.20 bits per heavy atom. The Bertz CT molecular complexity index is 691. The summed E-state index contributed by atoms with van der Waals surface area (Å²) in [5.41, 5.74) is 1.78. The van der Waals surface area contributed by atoms with Crippen LogP contribution in [0.2, 0.25) is 0 Å². The van der Waals surface area contributed by atoms with Crippen molar-refractivity contribution in [3.8, 4) is 0 Å². The number of benzene rings is 1. The normalized spacial score (nSPS) is 18.4. The monoisotopic (exact) mass is 350 g/mol. The fourth-order valence-electron chi connectivity index (χ4n) is 3.24. The maximum absolute atomic E-state index is 13.4. The van der Waals surface area contributed by atoms with E-state index in [1.165, 1.54) is 6.07 Å². The van der Waals surface area contributed by atoms with E-state index in [1.807, 2.05) is 12.5 Å². The molecule has 25 heavy (non-hydrogen) atoms. The maximum atomic E-state index is 13.4. The number of ether oxygens (including phenoxy) is 1. The van der Waals surface area contributed by atoms with Gasteiger partial charge in [0.15, 0.2) is 11.6 Å². The van der Waals surface area contributed by atoms with Gasteiger partial charge < -0.3 is 14.6 Å². The van der Waals surface area contributed by atoms with Gasteiger partial charge in [-0.25, -0.2) is 13.8 Å². The maximum Gasteiger partial charge on any atom is 0.160 e. The van der Waals surface area contributed by atoms with E-state index in [-0.39, 0.29) is 6.04 Å². The van der Waals surface area contributed by atoms with Crippen LogP contribution >= 0.6 is 0 Å². The molecule has 1 aliphatic heterocycles. The molecule has 0 unspecified atom stereocenters. The lowest BCUT2D eigenvalue weighted by Gasteiger charge is -2.33. The smallest absolute Gasteiger partial charge is 0.160 e. The first kappa shape index (κ1) is 17.8. The second kappa shape index (κ2) is 8.40. The molecule has 1 aliphatic rings. The average Bonchev–Trinajstić information content (AvgIpc) is 3.04. The number of nitrogens with zero attached hydrogens (tertiary/aromatic N) is 3. The summed E-state index contributed by atoms with van der Waals surface area (Å²) in [6, 6.07) is 4.17. The van der Waals surface area contributed by atoms with Crippen LogP contribution in [-0.4, -0.2) is 47.3 Å². The number of rotatable bonds is 7. The van der Waals surface area contributed by atoms with Crippen molar-refractivity contribution in [2.75, 3.05) is 32.1 Å². The van der Waals surface area contributed by atoms with Gasteiger partial charge in [-0.3, -0.25) is 4.90 Å². The van der Waals surface area contributed by atoms with E-state index in [0.717, 1.165) is 50.8 Å². The molecule has 3 rings (SSSR count). The molecule has 0 amide bonds. The standard InChI is InChI=1S/C18H24F2N4O/c1-25-8-7-24-13-21-10-16(24)12-23-6-2-3-15(11-23)22-14-4-5-17(19)18(20)9-14/h4-5,9-10,13,15,22H,2-3,6-8,11-12H2,1H3/t15-/m1/s1. The van der Waals surface area contributed by atoms with Crippen molar-refractivity contribution < 1.29 is 13.5 Å². The zero-order valence-electron chi connectivity index (χ0n) is 14.4. The van der Waals surface area contributed by atoms with Crippen LogP contribution in [0.25, 0.3) is 0 Å². The van der Waals surface area contributed by atoms with Crippen LogP contribution in [-0.2, 0) is 17.8 Å². The van der Waals surface area contributed by atoms with E-state index >= 15 is 0 Å². The van der Waals surface area contributed by atoms with Gasteiger partial charge in [0, 0.05) is 50.7 Å². The van der Waals surface area contributed by atoms with Crippen molar-refractivity contribution >= 4 is 5.69 Å². The van der Waals surface area contributed by atoms with Crippen molar-refractivity contribution in [2.24, 2.45) is 0 Å². The lowest BCUT2D eigenvalue weighted by atomic mass is 10.0. The van der Waals surface area contributed by atoms with Gasteiger partial charge in [-0.05, 0) is 31.5 Å². The summed E-state index contributed by atoms with van der Waals surface area (Å²) >= 11 is 0. The third-order valence-electron chi connectivity index (χ3n) is 4.52. The van der Waals surface area contributed by atoms with Crippen molar-refractivity contribution in [3.63, 3.8) is 0 Å². The summed E-state index contributed by atoms with van der Waals surface area (Å²) in [5.74, 6) is -1.64. The minimum Gasteiger partial charge on any atom is -0.383 e. The minimum atomic E-state index is -0.820. The van der Waals surface area contributed by atoms with Gasteiger partial charge in [-0.1, -0.05) is 0 Å². The Labute approximate surface area is 146 Å². The summed E-state index contributed by atoms with van der Waals surface area (Å²) in [5, 5.41) is 3.32. The first-order valence-corrected chi connectivity index (χ1v) is 8.57. The Morgan fingerprint density at radius 1 is 1.32 bits per heavy atom. The number of anilines is 1. The molecule has 0 radical (unpaired) electrons. The molecule has 0 bridgehead atoms. The molecule has 1 saturated heterocycles. The fraction of sp³-hybridized carbons (Fsp3) is 0.500. The van der Waals surface area contributed by atoms with E-state index in [0.29, 0.717) is 12.3 Å². The number of halogens is 2. The van der Waals surface area contributed by atoms with Crippen LogP contribution in [0.5, 0.6) is 0 Å². The lowest BCUT2D eigenvalue weighted by Crippen LogP contribution is -2.42. The van der Waals surface area contributed by atoms with Crippen molar-refractivity contribution in [3.05, 3.63) is 48.1 Å². The van der Waals surface area contributed by atoms with E-state index in [4.69, 9.17) is 4.74 Å². The summed E-state index contributed by atoms with van der Waals surface area (Å²) in [4.78, 5) is 6.60. The number of methoxy groups -OCH3 is 1. The second-order valence-corrected chi connectivity index (χ2v) is 6.42. The second-order valence-electron chi connectivity index (χ2n) is 6.42. The van der Waals surface area contributed by atoms with E-state index in [2.05, 4.69) is 19.8 Å². The van der Waals surface area contributed by atoms with Gasteiger partial charge in [-0.2, -0.15) is 0 Å². The van der Waals surface area contributed by atoms with Crippen LogP contribution in [0.3, 0.4) is 0 Å². The molecule has 1 fully saturated rings. The highest BCUT2D eigenvalue weighted by molar-refractivity contribution is 5.44. The van der Waals surface area contributed by atoms with Crippen molar-refractivity contribution in [1.29, 1.82) is 0 Å². The molecule has 0 aliphatic carbocycles. The third kappa shape index (κ3) is 4.76. The summed E-state index contributed by atoms with van der Waals surface area (Å²) < 4.78 is 33.7. The molecule has 5 nitrogen and oxygen atoms in total. The SMILES string of the molecule is COCCn1cncc1CN1CCC[C@@H](Nc2ccc(F)c(F)c2)C1. The zero-order valence-corrected chi connectivity index (χ0v) is 14.4. The number of imidazole rings is 1. The molecular formula is C18H24F2N4O. The molecule has 1 atom stereocenters. The van der Waals surface area contributed by atoms with Gasteiger partial charge >= 0.3 is 0 Å². The lowest BCUT2D eigenvalue weighted by molar-refractivity contribution is 0.180. The highest BCUT2D eigenvalue weighted by Gasteiger charge is 2.21. The molecule has 1 aromatic heterocycles. The van der Waals surface area contributed by atoms with Crippen LogP contribution in [0, 0.1) is 11.6 Å². The molecule has 1 aromatic carbocycles. The van der Waals surface area contributed by atoms with Crippen molar-refractivity contribution in [1.82, 2.24) is 14.5 Å². The van der Waals surface area contributed by atoms with E-state index in [1.54, 1.807) is 13.2 Å². The van der Waals surface area contributed by atoms with E-state index < -0.39 is 11.6 Å². The Hall–Kier alpha value is -1.99. The Balaban J connectivity index is 1.57. The largest absolute Gasteiger partial charge is 0.383 e. The Morgan fingerprint density at radius 3 is 3.00 bits per heavy atom. The molecule has 7 heteroatoms. The van der Waals surface area contributed by atoms with E-state index in [9.17, 15) is 8.78 Å². The molecule has 0 saturated carbocycles. The summed E-state index contributed by atoms with van der Waals surface area (Å²) in [6.45, 7) is 4.14. The molecule has 136 valence electrons. The van der Waals surface area contributed by atoms with Crippen LogP contribution < -0.4 is 5.32 Å². The molecule has 2 heterocycles.